The van der Waals surface area contributed by atoms with Gasteiger partial charge in [-0.2, -0.15) is 0 Å². The third kappa shape index (κ3) is 4.97. The van der Waals surface area contributed by atoms with E-state index < -0.39 is 0 Å². The van der Waals surface area contributed by atoms with Crippen LogP contribution < -0.4 is 5.32 Å². The van der Waals surface area contributed by atoms with Gasteiger partial charge in [0.2, 0.25) is 5.91 Å². The average molecular weight is 351 g/mol. The van der Waals surface area contributed by atoms with Crippen molar-refractivity contribution in [3.8, 4) is 0 Å². The number of rotatable bonds is 6. The molecule has 0 radical (unpaired) electrons. The van der Waals surface area contributed by atoms with Gasteiger partial charge in [-0.05, 0) is 57.9 Å². The zero-order valence-corrected chi connectivity index (χ0v) is 15.7. The molecule has 0 unspecified atom stereocenters. The Morgan fingerprint density at radius 3 is 2.42 bits per heavy atom. The van der Waals surface area contributed by atoms with Crippen molar-refractivity contribution in [2.75, 3.05) is 6.54 Å². The summed E-state index contributed by atoms with van der Waals surface area (Å²) in [6, 6.07) is 6.95. The molecule has 0 aromatic heterocycles. The van der Waals surface area contributed by atoms with Gasteiger partial charge in [-0.1, -0.05) is 24.9 Å². The molecule has 1 saturated carbocycles. The SMILES string of the molecule is CCCCN(C(=O)c1ccc(Cl)cc1)[C@@H]1C[C@H]1C(=O)NC(C)(C)C. The van der Waals surface area contributed by atoms with Crippen molar-refractivity contribution >= 4 is 23.4 Å². The van der Waals surface area contributed by atoms with E-state index in [1.54, 1.807) is 24.3 Å². The summed E-state index contributed by atoms with van der Waals surface area (Å²) in [7, 11) is 0. The molecule has 132 valence electrons. The predicted octanol–water partition coefficient (Wildman–Crippen LogP) is 3.89. The number of carbonyl (C=O) groups excluding carboxylic acids is 2. The largest absolute Gasteiger partial charge is 0.351 e. The van der Waals surface area contributed by atoms with E-state index in [2.05, 4.69) is 12.2 Å². The first-order valence-corrected chi connectivity index (χ1v) is 8.99. The van der Waals surface area contributed by atoms with Gasteiger partial charge in [-0.3, -0.25) is 9.59 Å². The molecule has 1 aromatic rings. The minimum absolute atomic E-state index is 0.00192. The Kier molecular flexibility index (Phi) is 5.92. The van der Waals surface area contributed by atoms with Crippen LogP contribution in [0.3, 0.4) is 0 Å². The molecule has 4 nitrogen and oxygen atoms in total. The van der Waals surface area contributed by atoms with Crippen molar-refractivity contribution in [2.45, 2.75) is 58.5 Å². The third-order valence-corrected chi connectivity index (χ3v) is 4.35. The first kappa shape index (κ1) is 18.8. The summed E-state index contributed by atoms with van der Waals surface area (Å²) in [6.45, 7) is 8.69. The Labute approximate surface area is 149 Å². The van der Waals surface area contributed by atoms with Crippen molar-refractivity contribution in [1.29, 1.82) is 0 Å². The summed E-state index contributed by atoms with van der Waals surface area (Å²) in [4.78, 5) is 27.1. The molecular formula is C19H27ClN2O2. The van der Waals surface area contributed by atoms with E-state index in [0.717, 1.165) is 19.3 Å². The highest BCUT2D eigenvalue weighted by molar-refractivity contribution is 6.30. The van der Waals surface area contributed by atoms with Crippen LogP contribution in [0.25, 0.3) is 0 Å². The number of carbonyl (C=O) groups is 2. The monoisotopic (exact) mass is 350 g/mol. The molecule has 1 N–H and O–H groups in total. The van der Waals surface area contributed by atoms with Gasteiger partial charge in [0.05, 0.1) is 5.92 Å². The molecular weight excluding hydrogens is 324 g/mol. The second-order valence-electron chi connectivity index (χ2n) is 7.51. The minimum atomic E-state index is -0.251. The molecule has 0 spiro atoms. The molecule has 5 heteroatoms. The predicted molar refractivity (Wildman–Crippen MR) is 97.2 cm³/mol. The van der Waals surface area contributed by atoms with Crippen LogP contribution in [0.5, 0.6) is 0 Å². The van der Waals surface area contributed by atoms with Crippen molar-refractivity contribution < 1.29 is 9.59 Å². The third-order valence-electron chi connectivity index (χ3n) is 4.10. The summed E-state index contributed by atoms with van der Waals surface area (Å²) in [5.74, 6) is -0.0774. The maximum atomic E-state index is 12.8. The van der Waals surface area contributed by atoms with Crippen LogP contribution in [0.1, 0.15) is 57.3 Å². The van der Waals surface area contributed by atoms with Crippen molar-refractivity contribution in [3.63, 3.8) is 0 Å². The molecule has 0 aliphatic heterocycles. The molecule has 1 aliphatic rings. The molecule has 2 atom stereocenters. The van der Waals surface area contributed by atoms with E-state index in [1.807, 2.05) is 25.7 Å². The fourth-order valence-corrected chi connectivity index (χ4v) is 2.90. The summed E-state index contributed by atoms with van der Waals surface area (Å²) < 4.78 is 0. The number of benzene rings is 1. The molecule has 2 rings (SSSR count). The average Bonchev–Trinajstić information content (AvgIpc) is 3.27. The Balaban J connectivity index is 2.08. The number of hydrogen-bond acceptors (Lipinski definition) is 2. The van der Waals surface area contributed by atoms with Crippen LogP contribution >= 0.6 is 11.6 Å². The lowest BCUT2D eigenvalue weighted by atomic mass is 10.1. The molecule has 0 bridgehead atoms. The van der Waals surface area contributed by atoms with E-state index in [1.165, 1.54) is 0 Å². The Bertz CT molecular complexity index is 592. The Hall–Kier alpha value is -1.55. The van der Waals surface area contributed by atoms with E-state index in [0.29, 0.717) is 17.1 Å². The topological polar surface area (TPSA) is 49.4 Å². The molecule has 24 heavy (non-hydrogen) atoms. The number of halogens is 1. The number of nitrogens with zero attached hydrogens (tertiary/aromatic N) is 1. The van der Waals surface area contributed by atoms with E-state index in [-0.39, 0.29) is 29.3 Å². The normalized spacial score (nSPS) is 19.7. The summed E-state index contributed by atoms with van der Waals surface area (Å²) in [5, 5.41) is 3.63. The summed E-state index contributed by atoms with van der Waals surface area (Å²) >= 11 is 5.90. The zero-order chi connectivity index (χ0) is 17.9. The fraction of sp³-hybridized carbons (Fsp3) is 0.579. The second kappa shape index (κ2) is 7.56. The van der Waals surface area contributed by atoms with E-state index in [4.69, 9.17) is 11.6 Å². The second-order valence-corrected chi connectivity index (χ2v) is 7.94. The first-order chi connectivity index (χ1) is 11.2. The van der Waals surface area contributed by atoms with E-state index in [9.17, 15) is 9.59 Å². The van der Waals surface area contributed by atoms with Crippen LogP contribution in [0.2, 0.25) is 5.02 Å². The highest BCUT2D eigenvalue weighted by Crippen LogP contribution is 2.37. The summed E-state index contributed by atoms with van der Waals surface area (Å²) in [5.41, 5.74) is 0.371. The van der Waals surface area contributed by atoms with Gasteiger partial charge in [0.15, 0.2) is 0 Å². The molecule has 0 heterocycles. The summed E-state index contributed by atoms with van der Waals surface area (Å²) in [6.07, 6.45) is 2.68. The lowest BCUT2D eigenvalue weighted by Crippen LogP contribution is -2.43. The van der Waals surface area contributed by atoms with Crippen molar-refractivity contribution in [1.82, 2.24) is 10.2 Å². The van der Waals surface area contributed by atoms with Gasteiger partial charge in [-0.25, -0.2) is 0 Å². The number of nitrogens with one attached hydrogen (secondary N) is 1. The quantitative estimate of drug-likeness (QED) is 0.846. The molecule has 2 amide bonds. The molecule has 1 aromatic carbocycles. The zero-order valence-electron chi connectivity index (χ0n) is 14.9. The lowest BCUT2D eigenvalue weighted by Gasteiger charge is -2.24. The lowest BCUT2D eigenvalue weighted by molar-refractivity contribution is -0.124. The van der Waals surface area contributed by atoms with Gasteiger partial charge in [-0.15, -0.1) is 0 Å². The standard InChI is InChI=1S/C19H27ClN2O2/c1-5-6-11-22(18(24)13-7-9-14(20)10-8-13)16-12-15(16)17(23)21-19(2,3)4/h7-10,15-16H,5-6,11-12H2,1-4H3,(H,21,23)/t15-,16-/m1/s1. The highest BCUT2D eigenvalue weighted by Gasteiger charge is 2.48. The molecule has 1 aliphatic carbocycles. The van der Waals surface area contributed by atoms with Crippen LogP contribution in [0.15, 0.2) is 24.3 Å². The molecule has 0 saturated heterocycles. The van der Waals surface area contributed by atoms with Gasteiger partial charge in [0, 0.05) is 28.7 Å². The highest BCUT2D eigenvalue weighted by atomic mass is 35.5. The van der Waals surface area contributed by atoms with Crippen molar-refractivity contribution in [3.05, 3.63) is 34.9 Å². The fourth-order valence-electron chi connectivity index (χ4n) is 2.77. The Morgan fingerprint density at radius 2 is 1.88 bits per heavy atom. The molecule has 1 fully saturated rings. The smallest absolute Gasteiger partial charge is 0.254 e. The van der Waals surface area contributed by atoms with Crippen LogP contribution in [-0.2, 0) is 4.79 Å². The Morgan fingerprint density at radius 1 is 1.25 bits per heavy atom. The minimum Gasteiger partial charge on any atom is -0.351 e. The van der Waals surface area contributed by atoms with E-state index >= 15 is 0 Å². The maximum Gasteiger partial charge on any atom is 0.254 e. The van der Waals surface area contributed by atoms with Crippen LogP contribution in [-0.4, -0.2) is 34.8 Å². The van der Waals surface area contributed by atoms with Crippen molar-refractivity contribution in [2.24, 2.45) is 5.92 Å². The van der Waals surface area contributed by atoms with Crippen LogP contribution in [0, 0.1) is 5.92 Å². The van der Waals surface area contributed by atoms with Gasteiger partial charge < -0.3 is 10.2 Å². The number of amides is 2. The van der Waals surface area contributed by atoms with Gasteiger partial charge in [0.1, 0.15) is 0 Å². The first-order valence-electron chi connectivity index (χ1n) is 8.61. The van der Waals surface area contributed by atoms with Gasteiger partial charge >= 0.3 is 0 Å². The number of unbranched alkanes of at least 4 members (excludes halogenated alkanes) is 1. The van der Waals surface area contributed by atoms with Gasteiger partial charge in [0.25, 0.3) is 5.91 Å². The maximum absolute atomic E-state index is 12.8. The van der Waals surface area contributed by atoms with Crippen LogP contribution in [0.4, 0.5) is 0 Å². The number of hydrogen-bond donors (Lipinski definition) is 1.